The van der Waals surface area contributed by atoms with E-state index in [1.807, 2.05) is 36.8 Å². The average molecular weight is 280 g/mol. The fourth-order valence-corrected chi connectivity index (χ4v) is 2.14. The number of hydrogen-bond acceptors (Lipinski definition) is 6. The number of anilines is 1. The van der Waals surface area contributed by atoms with Crippen molar-refractivity contribution in [3.05, 3.63) is 23.0 Å². The van der Waals surface area contributed by atoms with Gasteiger partial charge in [0, 0.05) is 24.8 Å². The van der Waals surface area contributed by atoms with E-state index in [4.69, 9.17) is 0 Å². The van der Waals surface area contributed by atoms with Gasteiger partial charge in [-0.3, -0.25) is 19.7 Å². The smallest absolute Gasteiger partial charge is 0.240 e. The topological polar surface area (TPSA) is 75.9 Å². The van der Waals surface area contributed by atoms with Crippen LogP contribution < -0.4 is 5.32 Å². The van der Waals surface area contributed by atoms with Gasteiger partial charge in [0.15, 0.2) is 0 Å². The van der Waals surface area contributed by atoms with Crippen LogP contribution in [-0.4, -0.2) is 44.4 Å². The first-order valence-corrected chi connectivity index (χ1v) is 6.66. The number of hydrogen-bond donors (Lipinski definition) is 1. The standard InChI is InChI=1S/C11H16N6OS/c1-8-9(4-13-17(8)3)5-16(2)6-10(18)14-11-15-12-7-19-11/h4,7H,5-6H2,1-3H3,(H,14,15,18). The molecule has 0 spiro atoms. The molecule has 0 saturated heterocycles. The maximum absolute atomic E-state index is 11.8. The molecule has 2 aromatic heterocycles. The van der Waals surface area contributed by atoms with E-state index in [1.54, 1.807) is 5.51 Å². The van der Waals surface area contributed by atoms with E-state index in [0.717, 1.165) is 11.3 Å². The Morgan fingerprint density at radius 3 is 2.95 bits per heavy atom. The summed E-state index contributed by atoms with van der Waals surface area (Å²) in [5.41, 5.74) is 3.81. The predicted molar refractivity (Wildman–Crippen MR) is 72.8 cm³/mol. The zero-order valence-electron chi connectivity index (χ0n) is 11.1. The molecule has 0 fully saturated rings. The van der Waals surface area contributed by atoms with Crippen molar-refractivity contribution in [2.24, 2.45) is 7.05 Å². The number of carbonyl (C=O) groups excluding carboxylic acids is 1. The Morgan fingerprint density at radius 1 is 1.58 bits per heavy atom. The Hall–Kier alpha value is -1.80. The van der Waals surface area contributed by atoms with E-state index >= 15 is 0 Å². The SMILES string of the molecule is Cc1c(CN(C)CC(=O)Nc2nncs2)cnn1C. The summed E-state index contributed by atoms with van der Waals surface area (Å²) in [6.45, 7) is 2.99. The molecule has 1 amide bonds. The second kappa shape index (κ2) is 5.89. The highest BCUT2D eigenvalue weighted by Crippen LogP contribution is 2.10. The van der Waals surface area contributed by atoms with Crippen molar-refractivity contribution in [2.45, 2.75) is 13.5 Å². The Balaban J connectivity index is 1.85. The molecule has 2 heterocycles. The monoisotopic (exact) mass is 280 g/mol. The number of aryl methyl sites for hydroxylation is 1. The molecular formula is C11H16N6OS. The van der Waals surface area contributed by atoms with Crippen LogP contribution in [0.15, 0.2) is 11.7 Å². The van der Waals surface area contributed by atoms with Crippen LogP contribution in [-0.2, 0) is 18.4 Å². The van der Waals surface area contributed by atoms with Crippen LogP contribution in [0.4, 0.5) is 5.13 Å². The number of rotatable bonds is 5. The van der Waals surface area contributed by atoms with E-state index in [9.17, 15) is 4.79 Å². The number of amides is 1. The predicted octanol–water partition coefficient (Wildman–Crippen LogP) is 0.651. The van der Waals surface area contributed by atoms with Gasteiger partial charge >= 0.3 is 0 Å². The lowest BCUT2D eigenvalue weighted by Gasteiger charge is -2.15. The first-order chi connectivity index (χ1) is 9.06. The van der Waals surface area contributed by atoms with Crippen molar-refractivity contribution in [1.82, 2.24) is 24.9 Å². The number of aromatic nitrogens is 4. The number of likely N-dealkylation sites (N-methyl/N-ethyl adjacent to an activating group) is 1. The molecule has 102 valence electrons. The van der Waals surface area contributed by atoms with Crippen molar-refractivity contribution >= 4 is 22.4 Å². The number of nitrogens with zero attached hydrogens (tertiary/aromatic N) is 5. The van der Waals surface area contributed by atoms with Gasteiger partial charge in [-0.25, -0.2) is 0 Å². The Kier molecular flexibility index (Phi) is 4.23. The largest absolute Gasteiger partial charge is 0.299 e. The van der Waals surface area contributed by atoms with Crippen molar-refractivity contribution in [3.63, 3.8) is 0 Å². The molecule has 0 bridgehead atoms. The highest BCUT2D eigenvalue weighted by Gasteiger charge is 2.11. The highest BCUT2D eigenvalue weighted by atomic mass is 32.1. The second-order valence-electron chi connectivity index (χ2n) is 4.34. The molecule has 2 aromatic rings. The summed E-state index contributed by atoms with van der Waals surface area (Å²) in [5, 5.41) is 14.8. The van der Waals surface area contributed by atoms with Crippen LogP contribution in [0.1, 0.15) is 11.3 Å². The number of nitrogens with one attached hydrogen (secondary N) is 1. The van der Waals surface area contributed by atoms with Crippen molar-refractivity contribution < 1.29 is 4.79 Å². The van der Waals surface area contributed by atoms with Gasteiger partial charge in [0.2, 0.25) is 11.0 Å². The molecule has 2 rings (SSSR count). The Morgan fingerprint density at radius 2 is 2.37 bits per heavy atom. The molecule has 0 saturated carbocycles. The van der Waals surface area contributed by atoms with E-state index < -0.39 is 0 Å². The fraction of sp³-hybridized carbons (Fsp3) is 0.455. The van der Waals surface area contributed by atoms with Crippen LogP contribution in [0.25, 0.3) is 0 Å². The zero-order chi connectivity index (χ0) is 13.8. The van der Waals surface area contributed by atoms with Gasteiger partial charge in [-0.1, -0.05) is 11.3 Å². The normalized spacial score (nSPS) is 10.9. The summed E-state index contributed by atoms with van der Waals surface area (Å²) >= 11 is 1.30. The van der Waals surface area contributed by atoms with Gasteiger partial charge in [0.1, 0.15) is 5.51 Å². The van der Waals surface area contributed by atoms with E-state index in [0.29, 0.717) is 18.2 Å². The molecule has 0 aliphatic rings. The van der Waals surface area contributed by atoms with Gasteiger partial charge < -0.3 is 0 Å². The molecular weight excluding hydrogens is 264 g/mol. The molecule has 0 aliphatic carbocycles. The summed E-state index contributed by atoms with van der Waals surface area (Å²) in [6.07, 6.45) is 1.83. The summed E-state index contributed by atoms with van der Waals surface area (Å²) in [6, 6.07) is 0. The highest BCUT2D eigenvalue weighted by molar-refractivity contribution is 7.13. The van der Waals surface area contributed by atoms with Crippen molar-refractivity contribution in [2.75, 3.05) is 18.9 Å². The molecule has 8 heteroatoms. The summed E-state index contributed by atoms with van der Waals surface area (Å²) < 4.78 is 1.82. The van der Waals surface area contributed by atoms with Gasteiger partial charge in [0.05, 0.1) is 12.7 Å². The lowest BCUT2D eigenvalue weighted by atomic mass is 10.2. The Bertz CT molecular complexity index is 550. The third-order valence-electron chi connectivity index (χ3n) is 2.80. The van der Waals surface area contributed by atoms with E-state index in [2.05, 4.69) is 20.6 Å². The summed E-state index contributed by atoms with van der Waals surface area (Å²) in [7, 11) is 3.80. The van der Waals surface area contributed by atoms with E-state index in [1.165, 1.54) is 11.3 Å². The van der Waals surface area contributed by atoms with Gasteiger partial charge in [-0.2, -0.15) is 5.10 Å². The third kappa shape index (κ3) is 3.58. The summed E-state index contributed by atoms with van der Waals surface area (Å²) in [4.78, 5) is 13.7. The van der Waals surface area contributed by atoms with Gasteiger partial charge in [0.25, 0.3) is 0 Å². The minimum Gasteiger partial charge on any atom is -0.299 e. The molecule has 19 heavy (non-hydrogen) atoms. The number of carbonyl (C=O) groups is 1. The maximum Gasteiger partial charge on any atom is 0.240 e. The quantitative estimate of drug-likeness (QED) is 0.870. The van der Waals surface area contributed by atoms with Gasteiger partial charge in [-0.15, -0.1) is 10.2 Å². The third-order valence-corrected chi connectivity index (χ3v) is 3.40. The van der Waals surface area contributed by atoms with Crippen LogP contribution >= 0.6 is 11.3 Å². The van der Waals surface area contributed by atoms with Crippen LogP contribution in [0.2, 0.25) is 0 Å². The fourth-order valence-electron chi connectivity index (χ4n) is 1.68. The molecule has 0 radical (unpaired) electrons. The molecule has 1 N–H and O–H groups in total. The van der Waals surface area contributed by atoms with Crippen LogP contribution in [0.3, 0.4) is 0 Å². The van der Waals surface area contributed by atoms with Crippen molar-refractivity contribution in [3.8, 4) is 0 Å². The average Bonchev–Trinajstić information content (AvgIpc) is 2.94. The lowest BCUT2D eigenvalue weighted by molar-refractivity contribution is -0.117. The van der Waals surface area contributed by atoms with Gasteiger partial charge in [-0.05, 0) is 14.0 Å². The molecule has 0 atom stereocenters. The lowest BCUT2D eigenvalue weighted by Crippen LogP contribution is -2.29. The van der Waals surface area contributed by atoms with Crippen LogP contribution in [0.5, 0.6) is 0 Å². The van der Waals surface area contributed by atoms with E-state index in [-0.39, 0.29) is 5.91 Å². The first kappa shape index (κ1) is 13.6. The zero-order valence-corrected chi connectivity index (χ0v) is 11.9. The van der Waals surface area contributed by atoms with Crippen molar-refractivity contribution in [1.29, 1.82) is 0 Å². The minimum atomic E-state index is -0.0965. The van der Waals surface area contributed by atoms with Crippen LogP contribution in [0, 0.1) is 6.92 Å². The molecule has 7 nitrogen and oxygen atoms in total. The molecule has 0 aromatic carbocycles. The molecule has 0 unspecified atom stereocenters. The summed E-state index contributed by atoms with van der Waals surface area (Å²) in [5.74, 6) is -0.0965. The maximum atomic E-state index is 11.8. The molecule has 0 aliphatic heterocycles. The minimum absolute atomic E-state index is 0.0965. The first-order valence-electron chi connectivity index (χ1n) is 5.78. The Labute approximate surface area is 115 Å². The second-order valence-corrected chi connectivity index (χ2v) is 5.18.